The predicted octanol–water partition coefficient (Wildman–Crippen LogP) is 3.12. The number of nitrogens with zero attached hydrogens (tertiary/aromatic N) is 4. The third kappa shape index (κ3) is 4.43. The highest BCUT2D eigenvalue weighted by molar-refractivity contribution is 7.17. The number of thiophene rings is 1. The van der Waals surface area contributed by atoms with Crippen molar-refractivity contribution in [2.24, 2.45) is 5.73 Å². The maximum absolute atomic E-state index is 12.9. The Kier molecular flexibility index (Phi) is 5.99. The first kappa shape index (κ1) is 21.0. The van der Waals surface area contributed by atoms with E-state index in [1.54, 1.807) is 28.9 Å². The lowest BCUT2D eigenvalue weighted by atomic mass is 9.95. The van der Waals surface area contributed by atoms with Crippen molar-refractivity contribution < 1.29 is 14.3 Å². The Balaban J connectivity index is 1.49. The number of nitrogens with two attached hydrogens (primary N) is 1. The van der Waals surface area contributed by atoms with E-state index in [2.05, 4.69) is 20.8 Å². The van der Waals surface area contributed by atoms with Gasteiger partial charge in [0.1, 0.15) is 17.4 Å². The maximum Gasteiger partial charge on any atom is 0.256 e. The molecule has 9 nitrogen and oxygen atoms in total. The lowest BCUT2D eigenvalue weighted by Gasteiger charge is -2.11. The highest BCUT2D eigenvalue weighted by Gasteiger charge is 2.25. The summed E-state index contributed by atoms with van der Waals surface area (Å²) < 4.78 is 7.48. The molecule has 0 unspecified atom stereocenters. The zero-order valence-electron chi connectivity index (χ0n) is 17.4. The first-order chi connectivity index (χ1) is 14.9. The molecular weight excluding hydrogens is 416 g/mol. The van der Waals surface area contributed by atoms with Crippen molar-refractivity contribution in [2.75, 3.05) is 5.32 Å². The van der Waals surface area contributed by atoms with Crippen molar-refractivity contribution in [3.8, 4) is 5.75 Å². The van der Waals surface area contributed by atoms with E-state index in [1.807, 2.05) is 13.8 Å². The number of ether oxygens (including phenoxy) is 1. The van der Waals surface area contributed by atoms with Crippen LogP contribution in [0.1, 0.15) is 69.7 Å². The number of fused-ring (bicyclic) bond motifs is 1. The molecule has 1 aliphatic rings. The third-order valence-electron chi connectivity index (χ3n) is 5.16. The largest absolute Gasteiger partial charge is 0.486 e. The molecule has 0 bridgehead atoms. The summed E-state index contributed by atoms with van der Waals surface area (Å²) in [6.07, 6.45) is 3.84. The van der Waals surface area contributed by atoms with Crippen molar-refractivity contribution in [3.63, 3.8) is 0 Å². The molecule has 2 heterocycles. The molecule has 0 spiro atoms. The van der Waals surface area contributed by atoms with Crippen LogP contribution in [0.3, 0.4) is 0 Å². The molecule has 2 aromatic heterocycles. The highest BCUT2D eigenvalue weighted by Crippen LogP contribution is 2.38. The van der Waals surface area contributed by atoms with Crippen molar-refractivity contribution >= 4 is 28.2 Å². The normalized spacial score (nSPS) is 13.1. The fourth-order valence-electron chi connectivity index (χ4n) is 3.67. The van der Waals surface area contributed by atoms with Gasteiger partial charge in [0.15, 0.2) is 5.82 Å². The van der Waals surface area contributed by atoms with Gasteiger partial charge in [-0.1, -0.05) is 6.07 Å². The first-order valence-corrected chi connectivity index (χ1v) is 11.0. The summed E-state index contributed by atoms with van der Waals surface area (Å²) in [4.78, 5) is 26.1. The number of benzene rings is 1. The number of amides is 2. The van der Waals surface area contributed by atoms with Gasteiger partial charge < -0.3 is 15.8 Å². The molecule has 4 rings (SSSR count). The van der Waals surface area contributed by atoms with E-state index in [-0.39, 0.29) is 18.6 Å². The number of hydrogen-bond donors (Lipinski definition) is 2. The van der Waals surface area contributed by atoms with Crippen molar-refractivity contribution in [1.82, 2.24) is 20.2 Å². The fraction of sp³-hybridized carbons (Fsp3) is 0.381. The van der Waals surface area contributed by atoms with Crippen molar-refractivity contribution in [1.29, 1.82) is 0 Å². The molecule has 31 heavy (non-hydrogen) atoms. The average Bonchev–Trinajstić information content (AvgIpc) is 3.36. The van der Waals surface area contributed by atoms with Gasteiger partial charge in [-0.2, -0.15) is 0 Å². The molecule has 3 aromatic rings. The molecule has 162 valence electrons. The Hall–Kier alpha value is -3.27. The minimum atomic E-state index is -0.505. The third-order valence-corrected chi connectivity index (χ3v) is 6.37. The molecule has 0 saturated carbocycles. The summed E-state index contributed by atoms with van der Waals surface area (Å²) in [5.41, 5.74) is 7.47. The summed E-state index contributed by atoms with van der Waals surface area (Å²) in [7, 11) is 0. The zero-order valence-corrected chi connectivity index (χ0v) is 18.2. The van der Waals surface area contributed by atoms with E-state index in [0.717, 1.165) is 36.1 Å². The number of tetrazole rings is 1. The predicted molar refractivity (Wildman–Crippen MR) is 116 cm³/mol. The Labute approximate surface area is 183 Å². The molecule has 0 fully saturated rings. The Morgan fingerprint density at radius 2 is 2.10 bits per heavy atom. The zero-order chi connectivity index (χ0) is 22.0. The van der Waals surface area contributed by atoms with Crippen LogP contribution < -0.4 is 15.8 Å². The van der Waals surface area contributed by atoms with Gasteiger partial charge in [0.2, 0.25) is 0 Å². The van der Waals surface area contributed by atoms with Gasteiger partial charge in [-0.05, 0) is 73.7 Å². The van der Waals surface area contributed by atoms with E-state index in [0.29, 0.717) is 27.7 Å². The second-order valence-corrected chi connectivity index (χ2v) is 8.79. The molecule has 1 aliphatic carbocycles. The maximum atomic E-state index is 12.9. The minimum Gasteiger partial charge on any atom is -0.486 e. The molecule has 2 amide bonds. The summed E-state index contributed by atoms with van der Waals surface area (Å²) in [5, 5.41) is 15.0. The van der Waals surface area contributed by atoms with E-state index < -0.39 is 5.91 Å². The topological polar surface area (TPSA) is 125 Å². The van der Waals surface area contributed by atoms with Crippen LogP contribution >= 0.6 is 11.3 Å². The number of anilines is 1. The van der Waals surface area contributed by atoms with Gasteiger partial charge in [0.05, 0.1) is 11.6 Å². The highest BCUT2D eigenvalue weighted by atomic mass is 32.1. The van der Waals surface area contributed by atoms with Crippen LogP contribution in [0, 0.1) is 0 Å². The van der Waals surface area contributed by atoms with Crippen LogP contribution in [-0.4, -0.2) is 32.0 Å². The van der Waals surface area contributed by atoms with Crippen LogP contribution in [0.5, 0.6) is 5.75 Å². The van der Waals surface area contributed by atoms with Gasteiger partial charge in [0.25, 0.3) is 11.8 Å². The molecule has 0 saturated heterocycles. The summed E-state index contributed by atoms with van der Waals surface area (Å²) in [6, 6.07) is 6.96. The number of hydrogen-bond acceptors (Lipinski definition) is 7. The number of nitrogens with one attached hydrogen (secondary N) is 1. The molecule has 1 aromatic carbocycles. The fourth-order valence-corrected chi connectivity index (χ4v) is 4.96. The number of aromatic nitrogens is 4. The lowest BCUT2D eigenvalue weighted by Crippen LogP contribution is -2.18. The van der Waals surface area contributed by atoms with E-state index in [9.17, 15) is 9.59 Å². The monoisotopic (exact) mass is 440 g/mol. The Morgan fingerprint density at radius 3 is 2.87 bits per heavy atom. The summed E-state index contributed by atoms with van der Waals surface area (Å²) in [5.74, 6) is 0.292. The number of primary amides is 1. The molecule has 0 aliphatic heterocycles. The smallest absolute Gasteiger partial charge is 0.256 e. The molecular formula is C21H24N6O3S. The Bertz CT molecular complexity index is 1120. The van der Waals surface area contributed by atoms with Gasteiger partial charge in [0, 0.05) is 10.4 Å². The molecule has 0 atom stereocenters. The molecule has 10 heteroatoms. The van der Waals surface area contributed by atoms with E-state index in [1.165, 1.54) is 11.3 Å². The standard InChI is InChI=1S/C21H24N6O3S/c1-12(2)27-17(24-25-26-27)11-30-14-7-5-6-13(10-14)20(29)23-21-18(19(22)28)15-8-3-4-9-16(15)31-21/h5-7,10,12H,3-4,8-9,11H2,1-2H3,(H2,22,28)(H,23,29). The van der Waals surface area contributed by atoms with E-state index in [4.69, 9.17) is 10.5 Å². The van der Waals surface area contributed by atoms with Gasteiger partial charge in [-0.25, -0.2) is 4.68 Å². The quantitative estimate of drug-likeness (QED) is 0.581. The number of aryl methyl sites for hydroxylation is 1. The number of carbonyl (C=O) groups excluding carboxylic acids is 2. The number of carbonyl (C=O) groups is 2. The molecule has 3 N–H and O–H groups in total. The average molecular weight is 441 g/mol. The van der Waals surface area contributed by atoms with Crippen LogP contribution in [0.2, 0.25) is 0 Å². The van der Waals surface area contributed by atoms with Crippen LogP contribution in [-0.2, 0) is 19.4 Å². The minimum absolute atomic E-state index is 0.113. The van der Waals surface area contributed by atoms with Gasteiger partial charge in [-0.15, -0.1) is 16.4 Å². The molecule has 0 radical (unpaired) electrons. The Morgan fingerprint density at radius 1 is 1.29 bits per heavy atom. The van der Waals surface area contributed by atoms with Crippen molar-refractivity contribution in [3.05, 3.63) is 51.7 Å². The number of rotatable bonds is 7. The second kappa shape index (κ2) is 8.84. The summed E-state index contributed by atoms with van der Waals surface area (Å²) in [6.45, 7) is 4.14. The van der Waals surface area contributed by atoms with Gasteiger partial charge >= 0.3 is 0 Å². The van der Waals surface area contributed by atoms with Crippen LogP contribution in [0.4, 0.5) is 5.00 Å². The summed E-state index contributed by atoms with van der Waals surface area (Å²) >= 11 is 1.44. The first-order valence-electron chi connectivity index (χ1n) is 10.2. The van der Waals surface area contributed by atoms with Crippen LogP contribution in [0.25, 0.3) is 0 Å². The van der Waals surface area contributed by atoms with E-state index >= 15 is 0 Å². The van der Waals surface area contributed by atoms with Crippen molar-refractivity contribution in [2.45, 2.75) is 52.2 Å². The SMILES string of the molecule is CC(C)n1nnnc1COc1cccc(C(=O)Nc2sc3c(c2C(N)=O)CCCC3)c1. The lowest BCUT2D eigenvalue weighted by molar-refractivity contribution is 0.100. The second-order valence-electron chi connectivity index (χ2n) is 7.68. The van der Waals surface area contributed by atoms with Gasteiger partial charge in [-0.3, -0.25) is 9.59 Å². The van der Waals surface area contributed by atoms with Crippen LogP contribution in [0.15, 0.2) is 24.3 Å².